The van der Waals surface area contributed by atoms with E-state index in [9.17, 15) is 18.7 Å². The Morgan fingerprint density at radius 3 is 2.28 bits per heavy atom. The first kappa shape index (κ1) is 27.6. The molecule has 1 aromatic heterocycles. The molecule has 3 aromatic rings. The molecule has 2 N–H and O–H groups in total. The highest BCUT2D eigenvalue weighted by atomic mass is 19.3. The van der Waals surface area contributed by atoms with Crippen LogP contribution in [0.5, 0.6) is 0 Å². The van der Waals surface area contributed by atoms with Gasteiger partial charge in [0.05, 0.1) is 29.8 Å². The SMILES string of the molecule is CC(C)(C)O.Cc1ccc(-c2c(CC(=O)O)c(C)c3c4c2cc(C)n4CCN3CCOC(F)F)cc1. The third kappa shape index (κ3) is 6.42. The van der Waals surface area contributed by atoms with Crippen molar-refractivity contribution in [3.05, 3.63) is 52.7 Å². The Kier molecular flexibility index (Phi) is 8.41. The second-order valence-corrected chi connectivity index (χ2v) is 10.3. The minimum atomic E-state index is -2.80. The van der Waals surface area contributed by atoms with Gasteiger partial charge in [-0.3, -0.25) is 4.79 Å². The molecule has 0 bridgehead atoms. The minimum Gasteiger partial charge on any atom is -0.481 e. The number of halogens is 2. The van der Waals surface area contributed by atoms with Gasteiger partial charge < -0.3 is 24.4 Å². The smallest absolute Gasteiger partial charge is 0.345 e. The number of alkyl halides is 2. The normalized spacial score (nSPS) is 13.2. The summed E-state index contributed by atoms with van der Waals surface area (Å²) < 4.78 is 31.7. The maximum absolute atomic E-state index is 12.5. The van der Waals surface area contributed by atoms with Crippen molar-refractivity contribution < 1.29 is 28.5 Å². The molecule has 8 heteroatoms. The molecule has 0 unspecified atom stereocenters. The van der Waals surface area contributed by atoms with Crippen molar-refractivity contribution in [2.24, 2.45) is 0 Å². The number of aliphatic hydroxyl groups is 1. The monoisotopic (exact) mass is 502 g/mol. The molecule has 2 aromatic carbocycles. The average molecular weight is 503 g/mol. The topological polar surface area (TPSA) is 74.9 Å². The first-order valence-electron chi connectivity index (χ1n) is 12.1. The molecule has 1 aliphatic heterocycles. The van der Waals surface area contributed by atoms with E-state index in [1.807, 2.05) is 49.9 Å². The Labute approximate surface area is 211 Å². The van der Waals surface area contributed by atoms with Crippen molar-refractivity contribution in [2.45, 2.75) is 66.7 Å². The highest BCUT2D eigenvalue weighted by molar-refractivity contribution is 6.07. The zero-order valence-electron chi connectivity index (χ0n) is 21.9. The molecule has 1 aliphatic rings. The molecule has 0 amide bonds. The molecule has 2 heterocycles. The lowest BCUT2D eigenvalue weighted by atomic mass is 9.88. The summed E-state index contributed by atoms with van der Waals surface area (Å²) in [6, 6.07) is 10.2. The molecule has 36 heavy (non-hydrogen) atoms. The molecule has 0 aliphatic carbocycles. The molecule has 4 rings (SSSR count). The number of benzene rings is 2. The van der Waals surface area contributed by atoms with Crippen LogP contribution in [0.4, 0.5) is 14.5 Å². The second kappa shape index (κ2) is 11.0. The van der Waals surface area contributed by atoms with Crippen molar-refractivity contribution in [1.82, 2.24) is 4.57 Å². The molecular weight excluding hydrogens is 466 g/mol. The van der Waals surface area contributed by atoms with Gasteiger partial charge in [0.1, 0.15) is 0 Å². The third-order valence-electron chi connectivity index (χ3n) is 6.09. The van der Waals surface area contributed by atoms with Gasteiger partial charge in [0.15, 0.2) is 0 Å². The number of aliphatic carboxylic acids is 1. The highest BCUT2D eigenvalue weighted by Crippen LogP contribution is 2.44. The number of aryl methyl sites for hydroxylation is 2. The van der Waals surface area contributed by atoms with Crippen molar-refractivity contribution in [3.63, 3.8) is 0 Å². The summed E-state index contributed by atoms with van der Waals surface area (Å²) >= 11 is 0. The van der Waals surface area contributed by atoms with Crippen LogP contribution in [0.3, 0.4) is 0 Å². The molecule has 0 spiro atoms. The Morgan fingerprint density at radius 1 is 1.11 bits per heavy atom. The van der Waals surface area contributed by atoms with Gasteiger partial charge >= 0.3 is 12.6 Å². The van der Waals surface area contributed by atoms with E-state index < -0.39 is 18.2 Å². The van der Waals surface area contributed by atoms with Crippen LogP contribution in [0.25, 0.3) is 22.0 Å². The van der Waals surface area contributed by atoms with Gasteiger partial charge in [-0.25, -0.2) is 0 Å². The van der Waals surface area contributed by atoms with E-state index in [-0.39, 0.29) is 13.0 Å². The number of aromatic nitrogens is 1. The number of anilines is 1. The van der Waals surface area contributed by atoms with Crippen molar-refractivity contribution in [2.75, 3.05) is 24.6 Å². The number of carbonyl (C=O) groups is 1. The fourth-order valence-electron chi connectivity index (χ4n) is 4.70. The van der Waals surface area contributed by atoms with Crippen LogP contribution in [0, 0.1) is 20.8 Å². The van der Waals surface area contributed by atoms with E-state index in [4.69, 9.17) is 5.11 Å². The summed E-state index contributed by atoms with van der Waals surface area (Å²) in [7, 11) is 0. The first-order valence-corrected chi connectivity index (χ1v) is 12.1. The summed E-state index contributed by atoms with van der Waals surface area (Å²) in [6.07, 6.45) is -0.108. The van der Waals surface area contributed by atoms with Crippen molar-refractivity contribution in [1.29, 1.82) is 0 Å². The predicted octanol–water partition coefficient (Wildman–Crippen LogP) is 5.70. The van der Waals surface area contributed by atoms with E-state index >= 15 is 0 Å². The Morgan fingerprint density at radius 2 is 1.72 bits per heavy atom. The average Bonchev–Trinajstić information content (AvgIpc) is 3.08. The quantitative estimate of drug-likeness (QED) is 0.434. The molecule has 6 nitrogen and oxygen atoms in total. The van der Waals surface area contributed by atoms with Gasteiger partial charge in [0, 0.05) is 30.7 Å². The Hall–Kier alpha value is -2.97. The minimum absolute atomic E-state index is 0.0910. The Bertz CT molecular complexity index is 1220. The number of hydrogen-bond acceptors (Lipinski definition) is 4. The predicted molar refractivity (Wildman–Crippen MR) is 139 cm³/mol. The van der Waals surface area contributed by atoms with Gasteiger partial charge in [-0.1, -0.05) is 29.8 Å². The maximum atomic E-state index is 12.5. The van der Waals surface area contributed by atoms with Crippen LogP contribution in [0.2, 0.25) is 0 Å². The van der Waals surface area contributed by atoms with Gasteiger partial charge in [0.2, 0.25) is 0 Å². The zero-order valence-corrected chi connectivity index (χ0v) is 21.9. The lowest BCUT2D eigenvalue weighted by Crippen LogP contribution is -2.35. The number of hydrogen-bond donors (Lipinski definition) is 2. The molecule has 0 saturated carbocycles. The lowest BCUT2D eigenvalue weighted by molar-refractivity contribution is -0.136. The summed E-state index contributed by atoms with van der Waals surface area (Å²) in [4.78, 5) is 13.8. The number of nitrogens with zero attached hydrogens (tertiary/aromatic N) is 2. The van der Waals surface area contributed by atoms with Crippen molar-refractivity contribution in [3.8, 4) is 11.1 Å². The summed E-state index contributed by atoms with van der Waals surface area (Å²) in [5.41, 5.74) is 7.23. The largest absolute Gasteiger partial charge is 0.481 e. The van der Waals surface area contributed by atoms with Gasteiger partial charge in [0.25, 0.3) is 0 Å². The first-order chi connectivity index (χ1) is 16.8. The van der Waals surface area contributed by atoms with Gasteiger partial charge in [-0.05, 0) is 69.9 Å². The van der Waals surface area contributed by atoms with Crippen LogP contribution >= 0.6 is 0 Å². The molecular formula is C28H36F2N2O4. The van der Waals surface area contributed by atoms with Crippen LogP contribution in [0.15, 0.2) is 30.3 Å². The van der Waals surface area contributed by atoms with E-state index in [0.717, 1.165) is 56.6 Å². The number of rotatable bonds is 7. The highest BCUT2D eigenvalue weighted by Gasteiger charge is 2.28. The van der Waals surface area contributed by atoms with E-state index in [1.54, 1.807) is 20.8 Å². The zero-order chi connectivity index (χ0) is 26.8. The van der Waals surface area contributed by atoms with E-state index in [2.05, 4.69) is 15.4 Å². The van der Waals surface area contributed by atoms with Crippen LogP contribution in [-0.2, 0) is 22.5 Å². The Balaban J connectivity index is 0.000000658. The summed E-state index contributed by atoms with van der Waals surface area (Å²) in [6.45, 7) is 10.0. The summed E-state index contributed by atoms with van der Waals surface area (Å²) in [5.74, 6) is -0.900. The van der Waals surface area contributed by atoms with E-state index in [0.29, 0.717) is 13.1 Å². The van der Waals surface area contributed by atoms with Crippen LogP contribution in [-0.4, -0.2) is 52.7 Å². The standard InChI is InChI=1S/C24H26F2N2O3.C4H10O/c1-14-4-6-17(7-5-14)21-18(13-20(29)30)16(3)22-23-19(21)12-15(2)28(23)9-8-27(22)10-11-31-24(25)26;1-4(2,3)5/h4-7,12,24H,8-11,13H2,1-3H3,(H,29,30);5H,1-3H3. The number of carboxylic acids is 1. The van der Waals surface area contributed by atoms with Gasteiger partial charge in [-0.2, -0.15) is 8.78 Å². The third-order valence-corrected chi connectivity index (χ3v) is 6.09. The van der Waals surface area contributed by atoms with Crippen molar-refractivity contribution >= 4 is 22.6 Å². The molecule has 0 saturated heterocycles. The number of ether oxygens (including phenoxy) is 1. The van der Waals surface area contributed by atoms with E-state index in [1.165, 1.54) is 0 Å². The number of carboxylic acid groups (broad SMARTS) is 1. The molecule has 0 fully saturated rings. The lowest BCUT2D eigenvalue weighted by Gasteiger charge is -2.34. The molecule has 196 valence electrons. The molecule has 0 atom stereocenters. The van der Waals surface area contributed by atoms with Gasteiger partial charge in [-0.15, -0.1) is 0 Å². The van der Waals surface area contributed by atoms with Crippen LogP contribution < -0.4 is 4.90 Å². The second-order valence-electron chi connectivity index (χ2n) is 10.3. The maximum Gasteiger partial charge on any atom is 0.345 e. The summed E-state index contributed by atoms with van der Waals surface area (Å²) in [5, 5.41) is 19.2. The molecule has 0 radical (unpaired) electrons. The van der Waals surface area contributed by atoms with Crippen LogP contribution in [0.1, 0.15) is 43.2 Å². The fourth-order valence-corrected chi connectivity index (χ4v) is 4.70. The fraction of sp³-hybridized carbons (Fsp3) is 0.464.